The van der Waals surface area contributed by atoms with Gasteiger partial charge < -0.3 is 5.73 Å². The molecule has 0 aliphatic heterocycles. The summed E-state index contributed by atoms with van der Waals surface area (Å²) < 4.78 is 0. The average molecular weight is 207 g/mol. The zero-order valence-corrected chi connectivity index (χ0v) is 8.93. The van der Waals surface area contributed by atoms with Crippen LogP contribution in [0.15, 0.2) is 23.9 Å². The predicted octanol–water partition coefficient (Wildman–Crippen LogP) is 2.35. The molecule has 0 unspecified atom stereocenters. The number of carbonyl (C=O) groups is 1. The maximum atomic E-state index is 11.3. The SMILES string of the molecule is Cc1ccc([C@@H]2CC(=O)C=C(N)C2)s1. The molecule has 0 radical (unpaired) electrons. The van der Waals surface area contributed by atoms with Crippen molar-refractivity contribution in [2.45, 2.75) is 25.7 Å². The van der Waals surface area contributed by atoms with E-state index in [1.54, 1.807) is 17.4 Å². The zero-order chi connectivity index (χ0) is 10.1. The van der Waals surface area contributed by atoms with E-state index in [-0.39, 0.29) is 5.78 Å². The van der Waals surface area contributed by atoms with Gasteiger partial charge in [0.2, 0.25) is 0 Å². The molecule has 2 nitrogen and oxygen atoms in total. The predicted molar refractivity (Wildman–Crippen MR) is 58.3 cm³/mol. The van der Waals surface area contributed by atoms with Gasteiger partial charge in [-0.2, -0.15) is 0 Å². The number of nitrogens with two attached hydrogens (primary N) is 1. The van der Waals surface area contributed by atoms with Crippen LogP contribution >= 0.6 is 11.3 Å². The molecule has 1 aromatic heterocycles. The van der Waals surface area contributed by atoms with E-state index in [2.05, 4.69) is 19.1 Å². The first kappa shape index (κ1) is 9.46. The molecule has 74 valence electrons. The molecule has 1 heterocycles. The topological polar surface area (TPSA) is 43.1 Å². The van der Waals surface area contributed by atoms with Gasteiger partial charge in [0, 0.05) is 27.8 Å². The van der Waals surface area contributed by atoms with Crippen molar-refractivity contribution in [2.75, 3.05) is 0 Å². The van der Waals surface area contributed by atoms with Crippen LogP contribution in [0.4, 0.5) is 0 Å². The summed E-state index contributed by atoms with van der Waals surface area (Å²) >= 11 is 1.76. The number of carbonyl (C=O) groups excluding carboxylic acids is 1. The summed E-state index contributed by atoms with van der Waals surface area (Å²) in [5, 5.41) is 0. The first-order valence-electron chi connectivity index (χ1n) is 4.70. The summed E-state index contributed by atoms with van der Waals surface area (Å²) in [6, 6.07) is 4.20. The number of rotatable bonds is 1. The molecule has 3 heteroatoms. The van der Waals surface area contributed by atoms with E-state index in [0.717, 1.165) is 12.1 Å². The van der Waals surface area contributed by atoms with Gasteiger partial charge in [-0.05, 0) is 31.6 Å². The van der Waals surface area contributed by atoms with Gasteiger partial charge in [0.15, 0.2) is 5.78 Å². The number of ketones is 1. The van der Waals surface area contributed by atoms with Gasteiger partial charge in [-0.15, -0.1) is 11.3 Å². The summed E-state index contributed by atoms with van der Waals surface area (Å²) in [5.74, 6) is 0.469. The Morgan fingerprint density at radius 2 is 2.21 bits per heavy atom. The van der Waals surface area contributed by atoms with Crippen molar-refractivity contribution < 1.29 is 4.79 Å². The van der Waals surface area contributed by atoms with E-state index in [4.69, 9.17) is 5.73 Å². The van der Waals surface area contributed by atoms with Crippen LogP contribution in [0.3, 0.4) is 0 Å². The summed E-state index contributed by atoms with van der Waals surface area (Å²) in [7, 11) is 0. The van der Waals surface area contributed by atoms with Gasteiger partial charge in [0.05, 0.1) is 0 Å². The molecule has 0 saturated heterocycles. The van der Waals surface area contributed by atoms with E-state index in [1.807, 2.05) is 0 Å². The quantitative estimate of drug-likeness (QED) is 0.768. The van der Waals surface area contributed by atoms with Crippen LogP contribution in [0.2, 0.25) is 0 Å². The lowest BCUT2D eigenvalue weighted by Gasteiger charge is -2.18. The lowest BCUT2D eigenvalue weighted by molar-refractivity contribution is -0.115. The smallest absolute Gasteiger partial charge is 0.158 e. The highest BCUT2D eigenvalue weighted by molar-refractivity contribution is 7.12. The fourth-order valence-corrected chi connectivity index (χ4v) is 2.78. The Hall–Kier alpha value is -1.09. The van der Waals surface area contributed by atoms with Gasteiger partial charge in [0.25, 0.3) is 0 Å². The van der Waals surface area contributed by atoms with Gasteiger partial charge in [0.1, 0.15) is 0 Å². The Morgan fingerprint density at radius 3 is 2.79 bits per heavy atom. The van der Waals surface area contributed by atoms with Crippen molar-refractivity contribution in [3.63, 3.8) is 0 Å². The molecule has 1 aliphatic rings. The maximum absolute atomic E-state index is 11.3. The van der Waals surface area contributed by atoms with Crippen LogP contribution in [0, 0.1) is 6.92 Å². The first-order chi connectivity index (χ1) is 6.65. The lowest BCUT2D eigenvalue weighted by Crippen LogP contribution is -2.15. The number of allylic oxidation sites excluding steroid dienone is 2. The normalized spacial score (nSPS) is 22.2. The zero-order valence-electron chi connectivity index (χ0n) is 8.12. The molecule has 0 fully saturated rings. The molecule has 0 bridgehead atoms. The molecule has 0 aromatic carbocycles. The van der Waals surface area contributed by atoms with Crippen molar-refractivity contribution in [1.29, 1.82) is 0 Å². The standard InChI is InChI=1S/C11H13NOS/c1-7-2-3-11(14-7)8-4-9(12)6-10(13)5-8/h2-3,6,8H,4-5,12H2,1H3/t8-/m0/s1. The third-order valence-electron chi connectivity index (χ3n) is 2.44. The summed E-state index contributed by atoms with van der Waals surface area (Å²) in [4.78, 5) is 13.9. The van der Waals surface area contributed by atoms with Gasteiger partial charge >= 0.3 is 0 Å². The van der Waals surface area contributed by atoms with E-state index < -0.39 is 0 Å². The molecule has 2 rings (SSSR count). The Kier molecular flexibility index (Phi) is 2.42. The Bertz CT molecular complexity index is 392. The van der Waals surface area contributed by atoms with Crippen LogP contribution in [0.1, 0.15) is 28.5 Å². The molecule has 1 aromatic rings. The van der Waals surface area contributed by atoms with Crippen molar-refractivity contribution in [2.24, 2.45) is 5.73 Å². The maximum Gasteiger partial charge on any atom is 0.158 e. The van der Waals surface area contributed by atoms with E-state index >= 15 is 0 Å². The molecule has 2 N–H and O–H groups in total. The second kappa shape index (κ2) is 3.58. The number of aryl methyl sites for hydroxylation is 1. The highest BCUT2D eigenvalue weighted by Crippen LogP contribution is 2.33. The molecular weight excluding hydrogens is 194 g/mol. The van der Waals surface area contributed by atoms with Crippen LogP contribution in [-0.2, 0) is 4.79 Å². The van der Waals surface area contributed by atoms with Crippen molar-refractivity contribution in [1.82, 2.24) is 0 Å². The molecule has 1 atom stereocenters. The largest absolute Gasteiger partial charge is 0.402 e. The van der Waals surface area contributed by atoms with Crippen molar-refractivity contribution in [3.05, 3.63) is 33.7 Å². The molecule has 0 amide bonds. The number of thiophene rings is 1. The number of hydrogen-bond donors (Lipinski definition) is 1. The van der Waals surface area contributed by atoms with Crippen LogP contribution in [0.5, 0.6) is 0 Å². The Labute approximate surface area is 87.4 Å². The molecular formula is C11H13NOS. The van der Waals surface area contributed by atoms with Crippen molar-refractivity contribution in [3.8, 4) is 0 Å². The fraction of sp³-hybridized carbons (Fsp3) is 0.364. The van der Waals surface area contributed by atoms with Crippen molar-refractivity contribution >= 4 is 17.1 Å². The molecule has 1 aliphatic carbocycles. The fourth-order valence-electron chi connectivity index (χ4n) is 1.80. The minimum absolute atomic E-state index is 0.157. The minimum atomic E-state index is 0.157. The third-order valence-corrected chi connectivity index (χ3v) is 3.60. The molecule has 0 saturated carbocycles. The van der Waals surface area contributed by atoms with E-state index in [0.29, 0.717) is 12.3 Å². The summed E-state index contributed by atoms with van der Waals surface area (Å²) in [6.07, 6.45) is 3.00. The van der Waals surface area contributed by atoms with Crippen LogP contribution in [-0.4, -0.2) is 5.78 Å². The molecule has 14 heavy (non-hydrogen) atoms. The lowest BCUT2D eigenvalue weighted by atomic mass is 9.90. The summed E-state index contributed by atoms with van der Waals surface area (Å²) in [5.41, 5.74) is 6.42. The van der Waals surface area contributed by atoms with E-state index in [9.17, 15) is 4.79 Å². The average Bonchev–Trinajstić information content (AvgIpc) is 2.50. The van der Waals surface area contributed by atoms with E-state index in [1.165, 1.54) is 9.75 Å². The van der Waals surface area contributed by atoms with Crippen LogP contribution in [0.25, 0.3) is 0 Å². The Balaban J connectivity index is 2.21. The second-order valence-corrected chi connectivity index (χ2v) is 5.06. The number of hydrogen-bond acceptors (Lipinski definition) is 3. The summed E-state index contributed by atoms with van der Waals surface area (Å²) in [6.45, 7) is 2.08. The molecule has 0 spiro atoms. The monoisotopic (exact) mass is 207 g/mol. The minimum Gasteiger partial charge on any atom is -0.402 e. The second-order valence-electron chi connectivity index (χ2n) is 3.74. The highest BCUT2D eigenvalue weighted by Gasteiger charge is 2.21. The highest BCUT2D eigenvalue weighted by atomic mass is 32.1. The first-order valence-corrected chi connectivity index (χ1v) is 5.52. The third kappa shape index (κ3) is 1.87. The van der Waals surface area contributed by atoms with Crippen LogP contribution < -0.4 is 5.73 Å². The van der Waals surface area contributed by atoms with Gasteiger partial charge in [-0.3, -0.25) is 4.79 Å². The van der Waals surface area contributed by atoms with Gasteiger partial charge in [-0.1, -0.05) is 0 Å². The Morgan fingerprint density at radius 1 is 1.43 bits per heavy atom. The van der Waals surface area contributed by atoms with Gasteiger partial charge in [-0.25, -0.2) is 0 Å².